The van der Waals surface area contributed by atoms with E-state index >= 15 is 0 Å². The van der Waals surface area contributed by atoms with E-state index in [1.54, 1.807) is 13.8 Å². The maximum atomic E-state index is 11.3. The van der Waals surface area contributed by atoms with Crippen LogP contribution in [0.15, 0.2) is 0 Å². The summed E-state index contributed by atoms with van der Waals surface area (Å²) in [5.74, 6) is 0. The third-order valence-corrected chi connectivity index (χ3v) is 5.97. The normalized spacial score (nSPS) is 18.5. The fourth-order valence-corrected chi connectivity index (χ4v) is 3.10. The van der Waals surface area contributed by atoms with Gasteiger partial charge in [-0.2, -0.15) is 4.79 Å². The molecule has 0 N–H and O–H groups in total. The van der Waals surface area contributed by atoms with Crippen molar-refractivity contribution in [1.82, 2.24) is 0 Å². The van der Waals surface area contributed by atoms with Crippen molar-refractivity contribution in [2.45, 2.75) is 50.0 Å². The SMILES string of the molecule is CCC(C)(C(=[N+]=[N-])C(C)(CC)[SH](=O)=O)[SH](=O)=O. The minimum absolute atomic E-state index is 0.143. The van der Waals surface area contributed by atoms with Crippen LogP contribution in [0.5, 0.6) is 0 Å². The lowest BCUT2D eigenvalue weighted by Crippen LogP contribution is -2.51. The topological polar surface area (TPSA) is 105 Å². The maximum Gasteiger partial charge on any atom is 0.309 e. The van der Waals surface area contributed by atoms with Crippen LogP contribution >= 0.6 is 0 Å². The first-order valence-corrected chi connectivity index (χ1v) is 7.58. The van der Waals surface area contributed by atoms with Gasteiger partial charge in [0.2, 0.25) is 0 Å². The molecule has 0 spiro atoms. The first-order valence-electron chi connectivity index (χ1n) is 5.22. The zero-order chi connectivity index (χ0) is 13.9. The lowest BCUT2D eigenvalue weighted by molar-refractivity contribution is -0.0170. The number of rotatable bonds is 6. The number of thiol groups is 2. The van der Waals surface area contributed by atoms with Gasteiger partial charge in [0.05, 0.1) is 0 Å². The first kappa shape index (κ1) is 16.3. The lowest BCUT2D eigenvalue weighted by Gasteiger charge is -2.25. The molecule has 6 nitrogen and oxygen atoms in total. The average Bonchev–Trinajstić information content (AvgIpc) is 2.28. The monoisotopic (exact) mass is 282 g/mol. The van der Waals surface area contributed by atoms with Crippen LogP contribution in [0.3, 0.4) is 0 Å². The van der Waals surface area contributed by atoms with Gasteiger partial charge >= 0.3 is 5.71 Å². The van der Waals surface area contributed by atoms with Crippen LogP contribution < -0.4 is 0 Å². The lowest BCUT2D eigenvalue weighted by atomic mass is 9.89. The minimum atomic E-state index is -2.94. The van der Waals surface area contributed by atoms with E-state index in [1.165, 1.54) is 13.8 Å². The van der Waals surface area contributed by atoms with Crippen LogP contribution in [0.2, 0.25) is 0 Å². The molecule has 0 saturated heterocycles. The zero-order valence-electron chi connectivity index (χ0n) is 10.3. The molecule has 0 aromatic rings. The fourth-order valence-electron chi connectivity index (χ4n) is 1.56. The molecule has 0 bridgehead atoms. The Balaban J connectivity index is 6.08. The maximum absolute atomic E-state index is 11.3. The molecule has 0 radical (unpaired) electrons. The van der Waals surface area contributed by atoms with E-state index in [0.717, 1.165) is 0 Å². The predicted octanol–water partition coefficient (Wildman–Crippen LogP) is 0.217. The second kappa shape index (κ2) is 5.75. The summed E-state index contributed by atoms with van der Waals surface area (Å²) < 4.78 is 42.2. The highest BCUT2D eigenvalue weighted by Crippen LogP contribution is 2.27. The van der Waals surface area contributed by atoms with Crippen molar-refractivity contribution in [1.29, 1.82) is 0 Å². The first-order chi connectivity index (χ1) is 7.70. The van der Waals surface area contributed by atoms with Gasteiger partial charge in [-0.25, -0.2) is 16.8 Å². The molecule has 0 rings (SSSR count). The van der Waals surface area contributed by atoms with Gasteiger partial charge in [-0.3, -0.25) is 0 Å². The van der Waals surface area contributed by atoms with Crippen molar-refractivity contribution in [2.75, 3.05) is 0 Å². The summed E-state index contributed by atoms with van der Waals surface area (Å²) in [7, 11) is -5.89. The van der Waals surface area contributed by atoms with E-state index in [4.69, 9.17) is 5.53 Å². The molecule has 2 unspecified atom stereocenters. The van der Waals surface area contributed by atoms with Gasteiger partial charge in [0.15, 0.2) is 30.9 Å². The highest BCUT2D eigenvalue weighted by molar-refractivity contribution is 7.77. The third-order valence-electron chi connectivity index (χ3n) is 3.30. The van der Waals surface area contributed by atoms with Crippen LogP contribution in [0.25, 0.3) is 5.53 Å². The summed E-state index contributed by atoms with van der Waals surface area (Å²) in [5, 5.41) is 0. The number of nitrogens with zero attached hydrogens (tertiary/aromatic N) is 2. The van der Waals surface area contributed by atoms with Gasteiger partial charge < -0.3 is 5.53 Å². The number of hydrogen-bond donors (Lipinski definition) is 2. The molecule has 0 aromatic carbocycles. The van der Waals surface area contributed by atoms with Gasteiger partial charge in [-0.15, -0.1) is 0 Å². The van der Waals surface area contributed by atoms with Gasteiger partial charge in [0.1, 0.15) is 0 Å². The second-order valence-corrected chi connectivity index (χ2v) is 7.22. The van der Waals surface area contributed by atoms with Crippen LogP contribution in [0.4, 0.5) is 0 Å². The molecule has 0 fully saturated rings. The smallest absolute Gasteiger partial charge is 0.309 e. The van der Waals surface area contributed by atoms with E-state index in [-0.39, 0.29) is 18.6 Å². The van der Waals surface area contributed by atoms with Crippen molar-refractivity contribution >= 4 is 27.1 Å². The average molecular weight is 282 g/mol. The van der Waals surface area contributed by atoms with Crippen molar-refractivity contribution in [3.8, 4) is 0 Å². The molecule has 0 amide bonds. The minimum Gasteiger partial charge on any atom is -0.361 e. The molecule has 0 aliphatic heterocycles. The molecule has 100 valence electrons. The molecule has 0 heterocycles. The van der Waals surface area contributed by atoms with E-state index in [9.17, 15) is 16.8 Å². The van der Waals surface area contributed by atoms with Crippen molar-refractivity contribution in [2.24, 2.45) is 0 Å². The van der Waals surface area contributed by atoms with E-state index in [1.807, 2.05) is 0 Å². The Morgan fingerprint density at radius 2 is 1.29 bits per heavy atom. The molecule has 8 heteroatoms. The van der Waals surface area contributed by atoms with E-state index in [0.29, 0.717) is 0 Å². The largest absolute Gasteiger partial charge is 0.361 e. The highest BCUT2D eigenvalue weighted by Gasteiger charge is 2.52. The summed E-state index contributed by atoms with van der Waals surface area (Å²) in [6.07, 6.45) is 0.285. The van der Waals surface area contributed by atoms with Crippen molar-refractivity contribution in [3.05, 3.63) is 5.53 Å². The van der Waals surface area contributed by atoms with Gasteiger partial charge in [0, 0.05) is 0 Å². The van der Waals surface area contributed by atoms with Crippen LogP contribution in [-0.2, 0) is 21.4 Å². The van der Waals surface area contributed by atoms with E-state index in [2.05, 4.69) is 4.79 Å². The summed E-state index contributed by atoms with van der Waals surface area (Å²) in [5.41, 5.74) is 8.79. The quantitative estimate of drug-likeness (QED) is 0.314. The Morgan fingerprint density at radius 3 is 1.41 bits per heavy atom. The Kier molecular flexibility index (Phi) is 5.51. The molecule has 0 aromatic heterocycles. The van der Waals surface area contributed by atoms with Crippen molar-refractivity contribution < 1.29 is 21.6 Å². The molecule has 0 saturated carbocycles. The van der Waals surface area contributed by atoms with Crippen LogP contribution in [0.1, 0.15) is 40.5 Å². The second-order valence-electron chi connectivity index (χ2n) is 4.22. The van der Waals surface area contributed by atoms with Crippen LogP contribution in [-0.4, -0.2) is 36.8 Å². The summed E-state index contributed by atoms with van der Waals surface area (Å²) in [6, 6.07) is 0. The zero-order valence-corrected chi connectivity index (χ0v) is 12.1. The molecule has 17 heavy (non-hydrogen) atoms. The highest BCUT2D eigenvalue weighted by atomic mass is 32.2. The Hall–Kier alpha value is -0.720. The molecular weight excluding hydrogens is 264 g/mol. The van der Waals surface area contributed by atoms with Gasteiger partial charge in [0.25, 0.3) is 0 Å². The summed E-state index contributed by atoms with van der Waals surface area (Å²) in [4.78, 5) is 2.97. The Bertz CT molecular complexity index is 437. The van der Waals surface area contributed by atoms with Gasteiger partial charge in [-0.05, 0) is 26.7 Å². The Labute approximate surface area is 105 Å². The van der Waals surface area contributed by atoms with Crippen molar-refractivity contribution in [3.63, 3.8) is 0 Å². The Morgan fingerprint density at radius 1 is 1.00 bits per heavy atom. The van der Waals surface area contributed by atoms with Crippen LogP contribution in [0, 0.1) is 0 Å². The fraction of sp³-hybridized carbons (Fsp3) is 0.889. The summed E-state index contributed by atoms with van der Waals surface area (Å²) >= 11 is 0. The molecule has 0 aliphatic rings. The standard InChI is InChI=1S/C9H18N2O4S2/c1-5-8(3,16(12)13)7(11-10)9(4,6-2)17(14)15/h16-17H,5-6H2,1-4H3. The third kappa shape index (κ3) is 2.75. The van der Waals surface area contributed by atoms with Gasteiger partial charge in [-0.1, -0.05) is 13.8 Å². The molecule has 0 aliphatic carbocycles. The molecule has 2 atom stereocenters. The molecular formula is C9H18N2O4S2. The number of hydrogen-bond acceptors (Lipinski definition) is 4. The summed E-state index contributed by atoms with van der Waals surface area (Å²) in [6.45, 7) is 5.93. The van der Waals surface area contributed by atoms with E-state index < -0.39 is 30.9 Å². The predicted molar refractivity (Wildman–Crippen MR) is 66.6 cm³/mol.